The molecule has 0 unspecified atom stereocenters. The van der Waals surface area contributed by atoms with Crippen molar-refractivity contribution in [3.63, 3.8) is 0 Å². The molecule has 3 heteroatoms. The third-order valence-electron chi connectivity index (χ3n) is 2.18. The highest BCUT2D eigenvalue weighted by Gasteiger charge is 1.98. The Kier molecular flexibility index (Phi) is 2.23. The van der Waals surface area contributed by atoms with Crippen molar-refractivity contribution in [2.75, 3.05) is 17.6 Å². The first-order valence-corrected chi connectivity index (χ1v) is 4.69. The van der Waals surface area contributed by atoms with Gasteiger partial charge in [-0.15, -0.1) is 0 Å². The molecule has 0 amide bonds. The molecule has 3 N–H and O–H groups in total. The lowest BCUT2D eigenvalue weighted by atomic mass is 10.1. The van der Waals surface area contributed by atoms with Crippen LogP contribution in [0.2, 0.25) is 0 Å². The van der Waals surface area contributed by atoms with Crippen LogP contribution < -0.4 is 11.1 Å². The van der Waals surface area contributed by atoms with E-state index >= 15 is 0 Å². The van der Waals surface area contributed by atoms with E-state index in [9.17, 15) is 0 Å². The molecule has 2 aromatic rings. The van der Waals surface area contributed by atoms with Crippen molar-refractivity contribution in [1.29, 1.82) is 0 Å². The topological polar surface area (TPSA) is 50.9 Å². The average molecular weight is 187 g/mol. The number of aromatic nitrogens is 1. The highest BCUT2D eigenvalue weighted by Crippen LogP contribution is 2.21. The summed E-state index contributed by atoms with van der Waals surface area (Å²) < 4.78 is 0. The molecular formula is C11H13N3. The van der Waals surface area contributed by atoms with E-state index in [1.165, 1.54) is 0 Å². The molecule has 1 aromatic carbocycles. The van der Waals surface area contributed by atoms with E-state index in [1.54, 1.807) is 6.20 Å². The number of pyridine rings is 1. The van der Waals surface area contributed by atoms with Crippen molar-refractivity contribution in [2.24, 2.45) is 0 Å². The second kappa shape index (κ2) is 3.54. The standard InChI is InChI=1S/C11H13N3/c1-2-13-9-3-4-10-8(7-9)5-6-14-11(10)12/h3-7,13H,2H2,1H3,(H2,12,14). The van der Waals surface area contributed by atoms with Gasteiger partial charge in [0, 0.05) is 23.8 Å². The molecule has 0 atom stereocenters. The summed E-state index contributed by atoms with van der Waals surface area (Å²) in [5.41, 5.74) is 6.87. The lowest BCUT2D eigenvalue weighted by Crippen LogP contribution is -1.96. The lowest BCUT2D eigenvalue weighted by molar-refractivity contribution is 1.21. The Balaban J connectivity index is 2.56. The number of fused-ring (bicyclic) bond motifs is 1. The fraction of sp³-hybridized carbons (Fsp3) is 0.182. The van der Waals surface area contributed by atoms with Crippen LogP contribution in [0.3, 0.4) is 0 Å². The van der Waals surface area contributed by atoms with E-state index in [-0.39, 0.29) is 0 Å². The first-order chi connectivity index (χ1) is 6.81. The first-order valence-electron chi connectivity index (χ1n) is 4.69. The smallest absolute Gasteiger partial charge is 0.131 e. The second-order valence-corrected chi connectivity index (χ2v) is 3.16. The van der Waals surface area contributed by atoms with Crippen molar-refractivity contribution in [3.8, 4) is 0 Å². The van der Waals surface area contributed by atoms with Crippen LogP contribution in [-0.4, -0.2) is 11.5 Å². The Morgan fingerprint density at radius 1 is 1.36 bits per heavy atom. The van der Waals surface area contributed by atoms with Gasteiger partial charge in [0.1, 0.15) is 5.82 Å². The average Bonchev–Trinajstić information content (AvgIpc) is 2.18. The number of hydrogen-bond donors (Lipinski definition) is 2. The van der Waals surface area contributed by atoms with Gasteiger partial charge in [0.15, 0.2) is 0 Å². The highest BCUT2D eigenvalue weighted by atomic mass is 14.9. The van der Waals surface area contributed by atoms with Gasteiger partial charge in [0.2, 0.25) is 0 Å². The molecule has 0 aliphatic carbocycles. The van der Waals surface area contributed by atoms with Crippen LogP contribution in [0.15, 0.2) is 30.5 Å². The van der Waals surface area contributed by atoms with Gasteiger partial charge in [-0.05, 0) is 36.6 Å². The first kappa shape index (κ1) is 8.81. The summed E-state index contributed by atoms with van der Waals surface area (Å²) in [5, 5.41) is 5.39. The summed E-state index contributed by atoms with van der Waals surface area (Å²) in [6, 6.07) is 8.06. The minimum Gasteiger partial charge on any atom is -0.385 e. The Morgan fingerprint density at radius 3 is 3.00 bits per heavy atom. The molecule has 0 spiro atoms. The van der Waals surface area contributed by atoms with Crippen LogP contribution in [0, 0.1) is 0 Å². The monoisotopic (exact) mass is 187 g/mol. The van der Waals surface area contributed by atoms with Crippen LogP contribution in [0.25, 0.3) is 10.8 Å². The van der Waals surface area contributed by atoms with E-state index < -0.39 is 0 Å². The molecule has 1 heterocycles. The minimum atomic E-state index is 0.588. The number of hydrogen-bond acceptors (Lipinski definition) is 3. The predicted octanol–water partition coefficient (Wildman–Crippen LogP) is 2.25. The predicted molar refractivity (Wildman–Crippen MR) is 60.3 cm³/mol. The van der Waals surface area contributed by atoms with Crippen LogP contribution in [-0.2, 0) is 0 Å². The molecule has 0 saturated heterocycles. The van der Waals surface area contributed by atoms with Gasteiger partial charge in [-0.25, -0.2) is 4.98 Å². The van der Waals surface area contributed by atoms with Crippen LogP contribution in [0.1, 0.15) is 6.92 Å². The number of nitrogens with two attached hydrogens (primary N) is 1. The van der Waals surface area contributed by atoms with E-state index in [2.05, 4.69) is 23.3 Å². The Bertz CT molecular complexity index is 451. The van der Waals surface area contributed by atoms with Gasteiger partial charge in [-0.1, -0.05) is 0 Å². The lowest BCUT2D eigenvalue weighted by Gasteiger charge is -2.05. The summed E-state index contributed by atoms with van der Waals surface area (Å²) in [6.45, 7) is 3.00. The van der Waals surface area contributed by atoms with Gasteiger partial charge in [-0.2, -0.15) is 0 Å². The minimum absolute atomic E-state index is 0.588. The third kappa shape index (κ3) is 1.48. The van der Waals surface area contributed by atoms with Gasteiger partial charge >= 0.3 is 0 Å². The Labute approximate surface area is 83.0 Å². The van der Waals surface area contributed by atoms with Gasteiger partial charge in [-0.3, -0.25) is 0 Å². The summed E-state index contributed by atoms with van der Waals surface area (Å²) in [7, 11) is 0. The molecule has 0 bridgehead atoms. The van der Waals surface area contributed by atoms with Crippen molar-refractivity contribution in [2.45, 2.75) is 6.92 Å². The number of nitrogens with zero attached hydrogens (tertiary/aromatic N) is 1. The maximum Gasteiger partial charge on any atom is 0.131 e. The number of nitrogens with one attached hydrogen (secondary N) is 1. The molecule has 0 aliphatic heterocycles. The van der Waals surface area contributed by atoms with Crippen molar-refractivity contribution in [1.82, 2.24) is 4.98 Å². The fourth-order valence-corrected chi connectivity index (χ4v) is 1.52. The highest BCUT2D eigenvalue weighted by molar-refractivity contribution is 5.92. The SMILES string of the molecule is CCNc1ccc2c(N)nccc2c1. The molecular weight excluding hydrogens is 174 g/mol. The Morgan fingerprint density at radius 2 is 2.21 bits per heavy atom. The fourth-order valence-electron chi connectivity index (χ4n) is 1.52. The normalized spacial score (nSPS) is 10.4. The molecule has 14 heavy (non-hydrogen) atoms. The van der Waals surface area contributed by atoms with E-state index in [0.717, 1.165) is 23.0 Å². The molecule has 0 radical (unpaired) electrons. The quantitative estimate of drug-likeness (QED) is 0.758. The summed E-state index contributed by atoms with van der Waals surface area (Å²) >= 11 is 0. The van der Waals surface area contributed by atoms with E-state index in [1.807, 2.05) is 18.2 Å². The van der Waals surface area contributed by atoms with Crippen molar-refractivity contribution < 1.29 is 0 Å². The molecule has 3 nitrogen and oxygen atoms in total. The molecule has 0 fully saturated rings. The number of anilines is 2. The molecule has 0 aliphatic rings. The number of benzene rings is 1. The Hall–Kier alpha value is -1.77. The maximum atomic E-state index is 5.75. The maximum absolute atomic E-state index is 5.75. The molecule has 1 aromatic heterocycles. The zero-order chi connectivity index (χ0) is 9.97. The van der Waals surface area contributed by atoms with Crippen LogP contribution >= 0.6 is 0 Å². The van der Waals surface area contributed by atoms with Gasteiger partial charge in [0.05, 0.1) is 0 Å². The van der Waals surface area contributed by atoms with Crippen LogP contribution in [0.5, 0.6) is 0 Å². The zero-order valence-electron chi connectivity index (χ0n) is 8.12. The van der Waals surface area contributed by atoms with Gasteiger partial charge in [0.25, 0.3) is 0 Å². The largest absolute Gasteiger partial charge is 0.385 e. The molecule has 0 saturated carbocycles. The number of rotatable bonds is 2. The van der Waals surface area contributed by atoms with Gasteiger partial charge < -0.3 is 11.1 Å². The summed E-state index contributed by atoms with van der Waals surface area (Å²) in [4.78, 5) is 4.04. The van der Waals surface area contributed by atoms with Crippen molar-refractivity contribution in [3.05, 3.63) is 30.5 Å². The zero-order valence-corrected chi connectivity index (χ0v) is 8.12. The van der Waals surface area contributed by atoms with E-state index in [0.29, 0.717) is 5.82 Å². The summed E-state index contributed by atoms with van der Waals surface area (Å²) in [5.74, 6) is 0.588. The summed E-state index contributed by atoms with van der Waals surface area (Å²) in [6.07, 6.45) is 1.73. The number of nitrogen functional groups attached to an aromatic ring is 1. The molecule has 72 valence electrons. The molecule has 2 rings (SSSR count). The third-order valence-corrected chi connectivity index (χ3v) is 2.18. The van der Waals surface area contributed by atoms with Crippen molar-refractivity contribution >= 4 is 22.3 Å². The van der Waals surface area contributed by atoms with E-state index in [4.69, 9.17) is 5.73 Å². The van der Waals surface area contributed by atoms with Crippen LogP contribution in [0.4, 0.5) is 11.5 Å². The second-order valence-electron chi connectivity index (χ2n) is 3.16.